The quantitative estimate of drug-likeness (QED) is 0.100. The fourth-order valence-corrected chi connectivity index (χ4v) is 3.41. The Balaban J connectivity index is 2.02. The van der Waals surface area contributed by atoms with Gasteiger partial charge >= 0.3 is 0 Å². The molecule has 1 aromatic rings. The van der Waals surface area contributed by atoms with Crippen LogP contribution in [-0.4, -0.2) is 88.9 Å². The van der Waals surface area contributed by atoms with Crippen LogP contribution < -0.4 is 22.1 Å². The molecule has 0 aliphatic heterocycles. The number of ether oxygens (including phenoxy) is 4. The first-order chi connectivity index (χ1) is 19.3. The van der Waals surface area contributed by atoms with Crippen molar-refractivity contribution in [2.75, 3.05) is 65.1 Å². The van der Waals surface area contributed by atoms with Gasteiger partial charge in [0.1, 0.15) is 19.3 Å². The number of amides is 3. The van der Waals surface area contributed by atoms with E-state index in [-0.39, 0.29) is 38.1 Å². The Bertz CT molecular complexity index is 866. The topological polar surface area (TPSA) is 181 Å². The van der Waals surface area contributed by atoms with E-state index in [1.807, 2.05) is 0 Å². The van der Waals surface area contributed by atoms with Crippen molar-refractivity contribution >= 4 is 29.2 Å². The van der Waals surface area contributed by atoms with Crippen LogP contribution in [-0.2, 0) is 33.3 Å². The van der Waals surface area contributed by atoms with Crippen molar-refractivity contribution in [3.63, 3.8) is 0 Å². The highest BCUT2D eigenvalue weighted by molar-refractivity contribution is 5.94. The highest BCUT2D eigenvalue weighted by atomic mass is 16.5. The van der Waals surface area contributed by atoms with E-state index in [0.29, 0.717) is 76.3 Å². The first kappa shape index (κ1) is 35.0. The van der Waals surface area contributed by atoms with E-state index >= 15 is 0 Å². The Hall–Kier alpha value is -3.06. The molecule has 0 aliphatic rings. The summed E-state index contributed by atoms with van der Waals surface area (Å²) in [6.45, 7) is 4.82. The molecule has 0 bridgehead atoms. The average molecular weight is 567 g/mol. The van der Waals surface area contributed by atoms with Gasteiger partial charge in [-0.15, -0.1) is 0 Å². The number of carbonyl (C=O) groups is 4. The fourth-order valence-electron chi connectivity index (χ4n) is 3.41. The maximum absolute atomic E-state index is 12.1. The SMILES string of the molecule is CCCCOCCOCC(=O)CCCOCCOCC(=O)NC(CCCCNC(=O)c1ccc(N)cc1)C(N)=O. The maximum Gasteiger partial charge on any atom is 0.251 e. The molecule has 40 heavy (non-hydrogen) atoms. The van der Waals surface area contributed by atoms with Crippen LogP contribution in [0.3, 0.4) is 0 Å². The van der Waals surface area contributed by atoms with Gasteiger partial charge in [0, 0.05) is 37.4 Å². The lowest BCUT2D eigenvalue weighted by Crippen LogP contribution is -2.45. The van der Waals surface area contributed by atoms with Crippen LogP contribution in [0.1, 0.15) is 62.2 Å². The summed E-state index contributed by atoms with van der Waals surface area (Å²) in [5.74, 6) is -1.29. The van der Waals surface area contributed by atoms with E-state index in [1.54, 1.807) is 24.3 Å². The summed E-state index contributed by atoms with van der Waals surface area (Å²) >= 11 is 0. The highest BCUT2D eigenvalue weighted by Gasteiger charge is 2.17. The molecule has 1 rings (SSSR count). The number of nitrogen functional groups attached to an aromatic ring is 1. The van der Waals surface area contributed by atoms with Gasteiger partial charge in [0.25, 0.3) is 5.91 Å². The van der Waals surface area contributed by atoms with Gasteiger partial charge in [-0.25, -0.2) is 0 Å². The third kappa shape index (κ3) is 18.3. The molecule has 6 N–H and O–H groups in total. The molecule has 1 aromatic carbocycles. The minimum atomic E-state index is -0.824. The van der Waals surface area contributed by atoms with Crippen molar-refractivity contribution in [2.24, 2.45) is 5.73 Å². The number of ketones is 1. The molecule has 12 heteroatoms. The number of rotatable bonds is 25. The summed E-state index contributed by atoms with van der Waals surface area (Å²) in [6, 6.07) is 5.77. The highest BCUT2D eigenvalue weighted by Crippen LogP contribution is 2.06. The molecule has 0 aromatic heterocycles. The molecular weight excluding hydrogens is 520 g/mol. The van der Waals surface area contributed by atoms with Gasteiger partial charge in [0.2, 0.25) is 11.8 Å². The average Bonchev–Trinajstić information content (AvgIpc) is 2.93. The molecule has 0 saturated carbocycles. The van der Waals surface area contributed by atoms with Gasteiger partial charge in [-0.3, -0.25) is 19.2 Å². The Kier molecular flexibility index (Phi) is 19.9. The van der Waals surface area contributed by atoms with Crippen LogP contribution in [0.4, 0.5) is 5.69 Å². The van der Waals surface area contributed by atoms with E-state index in [9.17, 15) is 19.2 Å². The molecule has 0 fully saturated rings. The van der Waals surface area contributed by atoms with Crippen LogP contribution in [0.25, 0.3) is 0 Å². The zero-order chi connectivity index (χ0) is 29.4. The molecule has 3 amide bonds. The number of carbonyl (C=O) groups excluding carboxylic acids is 4. The Morgan fingerprint density at radius 1 is 0.800 bits per heavy atom. The van der Waals surface area contributed by atoms with E-state index in [0.717, 1.165) is 12.8 Å². The lowest BCUT2D eigenvalue weighted by atomic mass is 10.1. The number of unbranched alkanes of at least 4 members (excludes halogenated alkanes) is 2. The number of nitrogens with one attached hydrogen (secondary N) is 2. The summed E-state index contributed by atoms with van der Waals surface area (Å²) in [5, 5.41) is 5.36. The number of benzene rings is 1. The van der Waals surface area contributed by atoms with Gasteiger partial charge < -0.3 is 41.0 Å². The number of nitrogens with two attached hydrogens (primary N) is 2. The van der Waals surface area contributed by atoms with Crippen molar-refractivity contribution in [2.45, 2.75) is 57.9 Å². The minimum Gasteiger partial charge on any atom is -0.399 e. The fraction of sp³-hybridized carbons (Fsp3) is 0.643. The van der Waals surface area contributed by atoms with Crippen molar-refractivity contribution < 1.29 is 38.1 Å². The Morgan fingerprint density at radius 3 is 2.08 bits per heavy atom. The van der Waals surface area contributed by atoms with Crippen LogP contribution >= 0.6 is 0 Å². The first-order valence-corrected chi connectivity index (χ1v) is 13.9. The molecule has 0 spiro atoms. The summed E-state index contributed by atoms with van der Waals surface area (Å²) in [5.41, 5.74) is 12.1. The minimum absolute atomic E-state index is 0.0111. The van der Waals surface area contributed by atoms with Gasteiger partial charge in [-0.1, -0.05) is 13.3 Å². The van der Waals surface area contributed by atoms with Gasteiger partial charge in [0.15, 0.2) is 5.78 Å². The predicted octanol–water partition coefficient (Wildman–Crippen LogP) is 1.35. The van der Waals surface area contributed by atoms with Gasteiger partial charge in [0.05, 0.1) is 26.4 Å². The second-order valence-corrected chi connectivity index (χ2v) is 9.22. The first-order valence-electron chi connectivity index (χ1n) is 13.9. The molecule has 0 heterocycles. The number of anilines is 1. The van der Waals surface area contributed by atoms with Crippen LogP contribution in [0.15, 0.2) is 24.3 Å². The molecule has 1 unspecified atom stereocenters. The lowest BCUT2D eigenvalue weighted by Gasteiger charge is -2.15. The molecule has 0 saturated heterocycles. The van der Waals surface area contributed by atoms with Gasteiger partial charge in [-0.2, -0.15) is 0 Å². The summed E-state index contributed by atoms with van der Waals surface area (Å²) < 4.78 is 21.3. The van der Waals surface area contributed by atoms with E-state index in [4.69, 9.17) is 30.4 Å². The van der Waals surface area contributed by atoms with E-state index < -0.39 is 17.9 Å². The molecule has 226 valence electrons. The summed E-state index contributed by atoms with van der Waals surface area (Å²) in [4.78, 5) is 47.6. The molecule has 1 atom stereocenters. The third-order valence-electron chi connectivity index (χ3n) is 5.68. The number of hydrogen-bond donors (Lipinski definition) is 4. The smallest absolute Gasteiger partial charge is 0.251 e. The predicted molar refractivity (Wildman–Crippen MR) is 151 cm³/mol. The zero-order valence-electron chi connectivity index (χ0n) is 23.6. The monoisotopic (exact) mass is 566 g/mol. The number of hydrogen-bond acceptors (Lipinski definition) is 9. The van der Waals surface area contributed by atoms with Crippen LogP contribution in [0.2, 0.25) is 0 Å². The zero-order valence-corrected chi connectivity index (χ0v) is 23.6. The molecule has 12 nitrogen and oxygen atoms in total. The second-order valence-electron chi connectivity index (χ2n) is 9.22. The Labute approximate surface area is 236 Å². The molecule has 0 aliphatic carbocycles. The summed E-state index contributed by atoms with van der Waals surface area (Å²) in [7, 11) is 0. The van der Waals surface area contributed by atoms with E-state index in [2.05, 4.69) is 17.6 Å². The summed E-state index contributed by atoms with van der Waals surface area (Å²) in [6.07, 6.45) is 4.57. The molecular formula is C28H46N4O8. The van der Waals surface area contributed by atoms with Crippen molar-refractivity contribution in [1.82, 2.24) is 10.6 Å². The lowest BCUT2D eigenvalue weighted by molar-refractivity contribution is -0.131. The van der Waals surface area contributed by atoms with Crippen LogP contribution in [0.5, 0.6) is 0 Å². The Morgan fingerprint density at radius 2 is 1.43 bits per heavy atom. The molecule has 0 radical (unpaired) electrons. The maximum atomic E-state index is 12.1. The second kappa shape index (κ2) is 22.7. The van der Waals surface area contributed by atoms with Gasteiger partial charge in [-0.05, 0) is 56.4 Å². The normalized spacial score (nSPS) is 11.6. The third-order valence-corrected chi connectivity index (χ3v) is 5.68. The van der Waals surface area contributed by atoms with Crippen molar-refractivity contribution in [3.8, 4) is 0 Å². The van der Waals surface area contributed by atoms with E-state index in [1.165, 1.54) is 0 Å². The van der Waals surface area contributed by atoms with Crippen LogP contribution in [0, 0.1) is 0 Å². The standard InChI is InChI=1S/C28H46N4O8/c1-2-3-14-37-16-18-39-20-24(33)7-6-15-38-17-19-40-21-26(34)32-25(27(30)35)8-4-5-13-31-28(36)22-9-11-23(29)12-10-22/h9-12,25H,2-8,13-21,29H2,1H3,(H2,30,35)(H,31,36)(H,32,34). The number of primary amides is 1. The largest absolute Gasteiger partial charge is 0.399 e. The number of Topliss-reactive ketones (excluding diaryl/α,β-unsaturated/α-hetero) is 1. The van der Waals surface area contributed by atoms with Crippen molar-refractivity contribution in [1.29, 1.82) is 0 Å². The van der Waals surface area contributed by atoms with Crippen molar-refractivity contribution in [3.05, 3.63) is 29.8 Å².